The molecule has 198 valence electrons. The SMILES string of the molecule is NC(=O)Cc1ccc2c(c1)c(C(N)=O)nn2CC(=O)N1[C@@H]2CC[C@@H](C2)[C@H]1C(=O)NCc1cccc(Cl)c1F. The number of amides is 4. The lowest BCUT2D eigenvalue weighted by Gasteiger charge is -2.34. The van der Waals surface area contributed by atoms with Crippen molar-refractivity contribution in [3.05, 3.63) is 64.1 Å². The van der Waals surface area contributed by atoms with Crippen molar-refractivity contribution in [2.75, 3.05) is 0 Å². The third kappa shape index (κ3) is 4.69. The van der Waals surface area contributed by atoms with Gasteiger partial charge in [-0.25, -0.2) is 4.39 Å². The second kappa shape index (κ2) is 10.1. The highest BCUT2D eigenvalue weighted by atomic mass is 35.5. The van der Waals surface area contributed by atoms with Crippen LogP contribution in [0.25, 0.3) is 10.9 Å². The first-order valence-corrected chi connectivity index (χ1v) is 12.6. The highest BCUT2D eigenvalue weighted by molar-refractivity contribution is 6.30. The number of hydrogen-bond acceptors (Lipinski definition) is 5. The number of carbonyl (C=O) groups is 4. The maximum Gasteiger partial charge on any atom is 0.269 e. The Balaban J connectivity index is 1.37. The number of carbonyl (C=O) groups excluding carboxylic acids is 4. The third-order valence-corrected chi connectivity index (χ3v) is 7.63. The molecule has 0 spiro atoms. The van der Waals surface area contributed by atoms with E-state index in [0.29, 0.717) is 22.9 Å². The lowest BCUT2D eigenvalue weighted by Crippen LogP contribution is -2.53. The number of hydrogen-bond donors (Lipinski definition) is 3. The molecular formula is C26H26ClFN6O4. The van der Waals surface area contributed by atoms with Crippen LogP contribution in [0.3, 0.4) is 0 Å². The minimum atomic E-state index is -0.775. The zero-order chi connectivity index (χ0) is 27.1. The van der Waals surface area contributed by atoms with Crippen LogP contribution in [0.2, 0.25) is 5.02 Å². The van der Waals surface area contributed by atoms with Gasteiger partial charge in [0.05, 0.1) is 17.0 Å². The van der Waals surface area contributed by atoms with Crippen LogP contribution in [0.4, 0.5) is 4.39 Å². The number of fused-ring (bicyclic) bond motifs is 3. The van der Waals surface area contributed by atoms with Crippen molar-refractivity contribution in [2.24, 2.45) is 17.4 Å². The topological polar surface area (TPSA) is 153 Å². The summed E-state index contributed by atoms with van der Waals surface area (Å²) >= 11 is 5.84. The normalized spacial score (nSPS) is 20.2. The van der Waals surface area contributed by atoms with E-state index < -0.39 is 23.7 Å². The van der Waals surface area contributed by atoms with E-state index in [2.05, 4.69) is 10.4 Å². The maximum atomic E-state index is 14.3. The predicted molar refractivity (Wildman–Crippen MR) is 136 cm³/mol. The average molecular weight is 541 g/mol. The van der Waals surface area contributed by atoms with E-state index in [4.69, 9.17) is 23.1 Å². The van der Waals surface area contributed by atoms with Gasteiger partial charge in [-0.2, -0.15) is 5.10 Å². The summed E-state index contributed by atoms with van der Waals surface area (Å²) in [5, 5.41) is 7.41. The molecule has 2 fully saturated rings. The molecule has 1 aliphatic heterocycles. The predicted octanol–water partition coefficient (Wildman–Crippen LogP) is 1.65. The van der Waals surface area contributed by atoms with Gasteiger partial charge in [0.15, 0.2) is 5.69 Å². The van der Waals surface area contributed by atoms with E-state index in [1.165, 1.54) is 10.7 Å². The van der Waals surface area contributed by atoms with Gasteiger partial charge in [0.1, 0.15) is 18.4 Å². The Bertz CT molecular complexity index is 1470. The van der Waals surface area contributed by atoms with Crippen molar-refractivity contribution < 1.29 is 23.6 Å². The highest BCUT2D eigenvalue weighted by Gasteiger charge is 2.51. The van der Waals surface area contributed by atoms with Crippen molar-refractivity contribution in [3.8, 4) is 0 Å². The van der Waals surface area contributed by atoms with E-state index in [0.717, 1.165) is 12.8 Å². The molecule has 0 radical (unpaired) electrons. The van der Waals surface area contributed by atoms with E-state index in [1.54, 1.807) is 35.2 Å². The summed E-state index contributed by atoms with van der Waals surface area (Å²) in [5.41, 5.74) is 12.1. The van der Waals surface area contributed by atoms with Gasteiger partial charge >= 0.3 is 0 Å². The molecular weight excluding hydrogens is 515 g/mol. The summed E-state index contributed by atoms with van der Waals surface area (Å²) in [6.45, 7) is -0.268. The molecule has 3 atom stereocenters. The lowest BCUT2D eigenvalue weighted by molar-refractivity contribution is -0.143. The number of primary amides is 2. The summed E-state index contributed by atoms with van der Waals surface area (Å²) in [6, 6.07) is 8.72. The van der Waals surface area contributed by atoms with Crippen molar-refractivity contribution in [3.63, 3.8) is 0 Å². The van der Waals surface area contributed by atoms with Crippen LogP contribution < -0.4 is 16.8 Å². The molecule has 0 unspecified atom stereocenters. The first-order valence-electron chi connectivity index (χ1n) is 12.2. The zero-order valence-corrected chi connectivity index (χ0v) is 21.1. The monoisotopic (exact) mass is 540 g/mol. The summed E-state index contributed by atoms with van der Waals surface area (Å²) < 4.78 is 15.7. The van der Waals surface area contributed by atoms with Crippen LogP contribution in [0.1, 0.15) is 40.9 Å². The smallest absolute Gasteiger partial charge is 0.269 e. The largest absolute Gasteiger partial charge is 0.369 e. The Morgan fingerprint density at radius 2 is 1.92 bits per heavy atom. The van der Waals surface area contributed by atoms with Crippen LogP contribution in [0, 0.1) is 11.7 Å². The first-order chi connectivity index (χ1) is 18.1. The number of benzene rings is 2. The quantitative estimate of drug-likeness (QED) is 0.396. The molecule has 1 aromatic heterocycles. The number of aromatic nitrogens is 2. The number of halogens is 2. The molecule has 1 aliphatic carbocycles. The minimum absolute atomic E-state index is 0.0000577. The fourth-order valence-electron chi connectivity index (χ4n) is 5.71. The Morgan fingerprint density at radius 1 is 1.13 bits per heavy atom. The van der Waals surface area contributed by atoms with Crippen molar-refractivity contribution in [2.45, 2.75) is 50.9 Å². The zero-order valence-electron chi connectivity index (χ0n) is 20.3. The van der Waals surface area contributed by atoms with Crippen LogP contribution in [-0.4, -0.2) is 50.4 Å². The first kappa shape index (κ1) is 25.7. The number of piperidine rings is 1. The van der Waals surface area contributed by atoms with Gasteiger partial charge in [0.25, 0.3) is 5.91 Å². The summed E-state index contributed by atoms with van der Waals surface area (Å²) in [6.07, 6.45) is 2.28. The van der Waals surface area contributed by atoms with Gasteiger partial charge in [0, 0.05) is 23.5 Å². The standard InChI is InChI=1S/C26H26ClFN6O4/c27-18-3-1-2-15(22(18)28)11-31-26(38)24-14-5-6-16(10-14)34(24)21(36)12-33-19-7-4-13(9-20(29)35)8-17(19)23(32-33)25(30)37/h1-4,7-8,14,16,24H,5-6,9-12H2,(H2,29,35)(H2,30,37)(H,31,38)/t14-,16+,24-/m0/s1. The molecule has 5 N–H and O–H groups in total. The molecule has 1 saturated carbocycles. The van der Waals surface area contributed by atoms with E-state index in [9.17, 15) is 23.6 Å². The van der Waals surface area contributed by atoms with Gasteiger partial charge in [-0.3, -0.25) is 23.9 Å². The van der Waals surface area contributed by atoms with Gasteiger partial charge in [0.2, 0.25) is 17.7 Å². The van der Waals surface area contributed by atoms with Crippen LogP contribution in [-0.2, 0) is 33.9 Å². The number of nitrogens with zero attached hydrogens (tertiary/aromatic N) is 3. The second-order valence-electron chi connectivity index (χ2n) is 9.77. The molecule has 3 aromatic rings. The Morgan fingerprint density at radius 3 is 2.66 bits per heavy atom. The summed E-state index contributed by atoms with van der Waals surface area (Å²) in [7, 11) is 0. The van der Waals surface area contributed by atoms with Crippen molar-refractivity contribution >= 4 is 46.1 Å². The van der Waals surface area contributed by atoms with Gasteiger partial charge in [-0.1, -0.05) is 29.8 Å². The number of nitrogens with one attached hydrogen (secondary N) is 1. The van der Waals surface area contributed by atoms with Crippen LogP contribution in [0.15, 0.2) is 36.4 Å². The Hall–Kier alpha value is -3.99. The molecule has 4 amide bonds. The number of rotatable bonds is 8. The molecule has 1 saturated heterocycles. The van der Waals surface area contributed by atoms with E-state index in [-0.39, 0.29) is 59.6 Å². The second-order valence-corrected chi connectivity index (χ2v) is 10.2. The molecule has 2 bridgehead atoms. The van der Waals surface area contributed by atoms with Crippen molar-refractivity contribution in [1.29, 1.82) is 0 Å². The lowest BCUT2D eigenvalue weighted by atomic mass is 9.97. The number of likely N-dealkylation sites (tertiary alicyclic amines) is 1. The molecule has 12 heteroatoms. The summed E-state index contributed by atoms with van der Waals surface area (Å²) in [4.78, 5) is 51.8. The third-order valence-electron chi connectivity index (χ3n) is 7.34. The van der Waals surface area contributed by atoms with Gasteiger partial charge in [-0.15, -0.1) is 0 Å². The number of nitrogens with two attached hydrogens (primary N) is 2. The molecule has 10 nitrogen and oxygen atoms in total. The minimum Gasteiger partial charge on any atom is -0.369 e. The fraction of sp³-hybridized carbons (Fsp3) is 0.346. The molecule has 5 rings (SSSR count). The van der Waals surface area contributed by atoms with Crippen LogP contribution >= 0.6 is 11.6 Å². The van der Waals surface area contributed by atoms with E-state index in [1.807, 2.05) is 0 Å². The average Bonchev–Trinajstić information content (AvgIpc) is 3.58. The highest BCUT2D eigenvalue weighted by Crippen LogP contribution is 2.42. The Labute approximate surface area is 222 Å². The fourth-order valence-corrected chi connectivity index (χ4v) is 5.90. The summed E-state index contributed by atoms with van der Waals surface area (Å²) in [5.74, 6) is -2.58. The molecule has 2 heterocycles. The van der Waals surface area contributed by atoms with Gasteiger partial charge < -0.3 is 21.7 Å². The Kier molecular flexibility index (Phi) is 6.78. The van der Waals surface area contributed by atoms with Gasteiger partial charge in [-0.05, 0) is 48.9 Å². The molecule has 2 aromatic carbocycles. The molecule has 2 aliphatic rings. The van der Waals surface area contributed by atoms with Crippen molar-refractivity contribution in [1.82, 2.24) is 20.0 Å². The van der Waals surface area contributed by atoms with Crippen LogP contribution in [0.5, 0.6) is 0 Å². The maximum absolute atomic E-state index is 14.3. The molecule has 38 heavy (non-hydrogen) atoms. The van der Waals surface area contributed by atoms with E-state index >= 15 is 0 Å².